The maximum Gasteiger partial charge on any atom is 0.282 e. The molecule has 1 heterocycles. The number of imide groups is 1. The van der Waals surface area contributed by atoms with E-state index in [1.807, 2.05) is 12.1 Å². The van der Waals surface area contributed by atoms with Crippen molar-refractivity contribution in [1.29, 1.82) is 0 Å². The number of carbonyl (C=O) groups excluding carboxylic acids is 2. The maximum atomic E-state index is 12.1. The second kappa shape index (κ2) is 5.20. The minimum absolute atomic E-state index is 0.380. The van der Waals surface area contributed by atoms with Crippen molar-refractivity contribution in [3.05, 3.63) is 65.2 Å². The number of ether oxygens (including phenoxy) is 1. The van der Waals surface area contributed by atoms with Gasteiger partial charge in [-0.25, -0.2) is 0 Å². The highest BCUT2D eigenvalue weighted by Gasteiger charge is 2.35. The molecule has 2 aromatic carbocycles. The van der Waals surface area contributed by atoms with E-state index in [0.717, 1.165) is 10.6 Å². The van der Waals surface area contributed by atoms with E-state index in [1.165, 1.54) is 6.21 Å². The van der Waals surface area contributed by atoms with Gasteiger partial charge in [0.2, 0.25) is 0 Å². The fourth-order valence-corrected chi connectivity index (χ4v) is 2.13. The standard InChI is InChI=1S/C16H12N2O3/c1-21-12-6-4-5-11(9-12)10-17-18-15(19)13-7-2-3-8-14(13)16(18)20/h2-10H,1H3/b17-10-. The van der Waals surface area contributed by atoms with Crippen LogP contribution in [0.5, 0.6) is 5.75 Å². The quantitative estimate of drug-likeness (QED) is 0.640. The largest absolute Gasteiger partial charge is 0.497 e. The molecule has 0 N–H and O–H groups in total. The van der Waals surface area contributed by atoms with Gasteiger partial charge >= 0.3 is 0 Å². The van der Waals surface area contributed by atoms with Gasteiger partial charge in [0.15, 0.2) is 0 Å². The first kappa shape index (κ1) is 13.1. The van der Waals surface area contributed by atoms with Gasteiger partial charge in [0.1, 0.15) is 5.75 Å². The number of fused-ring (bicyclic) bond motifs is 1. The van der Waals surface area contributed by atoms with Crippen molar-refractivity contribution in [2.45, 2.75) is 0 Å². The number of carbonyl (C=O) groups is 2. The summed E-state index contributed by atoms with van der Waals surface area (Å²) in [7, 11) is 1.57. The summed E-state index contributed by atoms with van der Waals surface area (Å²) in [5.41, 5.74) is 1.50. The number of benzene rings is 2. The van der Waals surface area contributed by atoms with Crippen molar-refractivity contribution in [3.63, 3.8) is 0 Å². The Hall–Kier alpha value is -2.95. The molecular weight excluding hydrogens is 268 g/mol. The van der Waals surface area contributed by atoms with E-state index < -0.39 is 11.8 Å². The van der Waals surface area contributed by atoms with E-state index >= 15 is 0 Å². The summed E-state index contributed by atoms with van der Waals surface area (Å²) in [5.74, 6) is -0.134. The molecule has 0 spiro atoms. The lowest BCUT2D eigenvalue weighted by molar-refractivity contribution is 0.0660. The van der Waals surface area contributed by atoms with Crippen LogP contribution < -0.4 is 4.74 Å². The number of hydrogen-bond acceptors (Lipinski definition) is 4. The van der Waals surface area contributed by atoms with Crippen LogP contribution in [-0.4, -0.2) is 30.1 Å². The fraction of sp³-hybridized carbons (Fsp3) is 0.0625. The van der Waals surface area contributed by atoms with Crippen LogP contribution in [0, 0.1) is 0 Å². The average Bonchev–Trinajstić information content (AvgIpc) is 2.78. The lowest BCUT2D eigenvalue weighted by atomic mass is 10.1. The van der Waals surface area contributed by atoms with Crippen molar-refractivity contribution in [1.82, 2.24) is 5.01 Å². The Kier molecular flexibility index (Phi) is 3.23. The van der Waals surface area contributed by atoms with Crippen LogP contribution in [0.2, 0.25) is 0 Å². The summed E-state index contributed by atoms with van der Waals surface area (Å²) in [6.45, 7) is 0. The minimum atomic E-state index is -0.408. The Morgan fingerprint density at radius 2 is 1.67 bits per heavy atom. The van der Waals surface area contributed by atoms with Gasteiger partial charge < -0.3 is 4.74 Å². The summed E-state index contributed by atoms with van der Waals surface area (Å²) in [5, 5.41) is 4.88. The van der Waals surface area contributed by atoms with Crippen LogP contribution in [0.3, 0.4) is 0 Å². The first-order chi connectivity index (χ1) is 10.2. The zero-order valence-corrected chi connectivity index (χ0v) is 11.3. The number of methoxy groups -OCH3 is 1. The molecule has 0 saturated heterocycles. The van der Waals surface area contributed by atoms with E-state index in [2.05, 4.69) is 5.10 Å². The molecule has 5 nitrogen and oxygen atoms in total. The second-order valence-electron chi connectivity index (χ2n) is 4.49. The lowest BCUT2D eigenvalue weighted by Crippen LogP contribution is -2.23. The Balaban J connectivity index is 1.88. The summed E-state index contributed by atoms with van der Waals surface area (Å²) < 4.78 is 5.11. The molecule has 2 aromatic rings. The summed E-state index contributed by atoms with van der Waals surface area (Å²) in [6.07, 6.45) is 1.46. The summed E-state index contributed by atoms with van der Waals surface area (Å²) in [4.78, 5) is 24.2. The van der Waals surface area contributed by atoms with Crippen molar-refractivity contribution in [2.24, 2.45) is 5.10 Å². The monoisotopic (exact) mass is 280 g/mol. The van der Waals surface area contributed by atoms with Crippen LogP contribution in [0.25, 0.3) is 0 Å². The van der Waals surface area contributed by atoms with Gasteiger partial charge in [0.25, 0.3) is 11.8 Å². The van der Waals surface area contributed by atoms with Crippen molar-refractivity contribution >= 4 is 18.0 Å². The Bertz CT molecular complexity index is 718. The van der Waals surface area contributed by atoms with Gasteiger partial charge in [0, 0.05) is 0 Å². The fourth-order valence-electron chi connectivity index (χ4n) is 2.13. The SMILES string of the molecule is COc1cccc(/C=N\N2C(=O)c3ccccc3C2=O)c1. The van der Waals surface area contributed by atoms with Crippen LogP contribution in [0.15, 0.2) is 53.6 Å². The highest BCUT2D eigenvalue weighted by atomic mass is 16.5. The van der Waals surface area contributed by atoms with E-state index in [1.54, 1.807) is 43.5 Å². The predicted molar refractivity (Wildman–Crippen MR) is 77.5 cm³/mol. The number of nitrogens with zero attached hydrogens (tertiary/aromatic N) is 2. The van der Waals surface area contributed by atoms with E-state index in [4.69, 9.17) is 4.74 Å². The van der Waals surface area contributed by atoms with Crippen LogP contribution in [-0.2, 0) is 0 Å². The van der Waals surface area contributed by atoms with Gasteiger partial charge in [0.05, 0.1) is 24.5 Å². The molecule has 0 aliphatic carbocycles. The molecule has 21 heavy (non-hydrogen) atoms. The van der Waals surface area contributed by atoms with Crippen LogP contribution in [0.4, 0.5) is 0 Å². The third-order valence-electron chi connectivity index (χ3n) is 3.19. The summed E-state index contributed by atoms with van der Waals surface area (Å²) >= 11 is 0. The van der Waals surface area contributed by atoms with Crippen molar-refractivity contribution in [2.75, 3.05) is 7.11 Å². The van der Waals surface area contributed by atoms with Gasteiger partial charge in [-0.15, -0.1) is 0 Å². The minimum Gasteiger partial charge on any atom is -0.497 e. The van der Waals surface area contributed by atoms with E-state index in [9.17, 15) is 9.59 Å². The zero-order valence-electron chi connectivity index (χ0n) is 11.3. The number of hydrogen-bond donors (Lipinski definition) is 0. The first-order valence-electron chi connectivity index (χ1n) is 6.36. The topological polar surface area (TPSA) is 59.0 Å². The van der Waals surface area contributed by atoms with Crippen molar-refractivity contribution < 1.29 is 14.3 Å². The highest BCUT2D eigenvalue weighted by Crippen LogP contribution is 2.22. The van der Waals surface area contributed by atoms with Crippen molar-refractivity contribution in [3.8, 4) is 5.75 Å². The number of amides is 2. The van der Waals surface area contributed by atoms with Gasteiger partial charge in [-0.05, 0) is 29.8 Å². The third-order valence-corrected chi connectivity index (χ3v) is 3.19. The average molecular weight is 280 g/mol. The van der Waals surface area contributed by atoms with Gasteiger partial charge in [-0.3, -0.25) is 9.59 Å². The molecule has 1 aliphatic rings. The normalized spacial score (nSPS) is 13.9. The molecule has 104 valence electrons. The van der Waals surface area contributed by atoms with E-state index in [0.29, 0.717) is 16.9 Å². The third kappa shape index (κ3) is 2.29. The Morgan fingerprint density at radius 3 is 2.29 bits per heavy atom. The Labute approximate surface area is 121 Å². The molecule has 0 radical (unpaired) electrons. The predicted octanol–water partition coefficient (Wildman–Crippen LogP) is 2.33. The first-order valence-corrected chi connectivity index (χ1v) is 6.36. The zero-order chi connectivity index (χ0) is 14.8. The molecule has 3 rings (SSSR count). The molecule has 2 amide bonds. The van der Waals surface area contributed by atoms with Gasteiger partial charge in [-0.2, -0.15) is 10.1 Å². The summed E-state index contributed by atoms with van der Waals surface area (Å²) in [6, 6.07) is 13.9. The van der Waals surface area contributed by atoms with E-state index in [-0.39, 0.29) is 0 Å². The highest BCUT2D eigenvalue weighted by molar-refractivity contribution is 6.21. The Morgan fingerprint density at radius 1 is 1.00 bits per heavy atom. The molecule has 1 aliphatic heterocycles. The van der Waals surface area contributed by atoms with Crippen LogP contribution in [0.1, 0.15) is 26.3 Å². The maximum absolute atomic E-state index is 12.1. The molecule has 0 unspecified atom stereocenters. The second-order valence-corrected chi connectivity index (χ2v) is 4.49. The molecule has 0 aromatic heterocycles. The van der Waals surface area contributed by atoms with Crippen LogP contribution >= 0.6 is 0 Å². The molecule has 5 heteroatoms. The number of hydrazone groups is 1. The van der Waals surface area contributed by atoms with Gasteiger partial charge in [-0.1, -0.05) is 24.3 Å². The molecular formula is C16H12N2O3. The molecule has 0 fully saturated rings. The molecule has 0 bridgehead atoms. The number of rotatable bonds is 3. The smallest absolute Gasteiger partial charge is 0.282 e. The molecule has 0 atom stereocenters. The molecule has 0 saturated carbocycles. The lowest BCUT2D eigenvalue weighted by Gasteiger charge is -2.05.